The van der Waals surface area contributed by atoms with Crippen LogP contribution in [0.5, 0.6) is 5.75 Å². The van der Waals surface area contributed by atoms with E-state index in [2.05, 4.69) is 12.1 Å². The monoisotopic (exact) mass is 298 g/mol. The van der Waals surface area contributed by atoms with E-state index < -0.39 is 0 Å². The second-order valence-corrected chi connectivity index (χ2v) is 5.85. The molecule has 2 aliphatic rings. The fraction of sp³-hybridized carbons (Fsp3) is 0.235. The Bertz CT molecular complexity index is 714. The van der Waals surface area contributed by atoms with Gasteiger partial charge in [-0.1, -0.05) is 41.9 Å². The van der Waals surface area contributed by atoms with Crippen LogP contribution < -0.4 is 4.74 Å². The molecule has 2 aromatic carbocycles. The fourth-order valence-electron chi connectivity index (χ4n) is 3.04. The highest BCUT2D eigenvalue weighted by Crippen LogP contribution is 2.43. The van der Waals surface area contributed by atoms with Crippen molar-refractivity contribution in [2.75, 3.05) is 0 Å². The first-order valence-electron chi connectivity index (χ1n) is 7.10. The van der Waals surface area contributed by atoms with Crippen LogP contribution in [0.4, 0.5) is 0 Å². The summed E-state index contributed by atoms with van der Waals surface area (Å²) in [7, 11) is 0. The van der Waals surface area contributed by atoms with Gasteiger partial charge in [0, 0.05) is 17.0 Å². The zero-order valence-corrected chi connectivity index (χ0v) is 12.4. The Morgan fingerprint density at radius 3 is 2.81 bits per heavy atom. The summed E-state index contributed by atoms with van der Waals surface area (Å²) in [5.74, 6) is 0.915. The van der Waals surface area contributed by atoms with E-state index >= 15 is 0 Å². The Balaban J connectivity index is 1.74. The standard InChI is InChI=1S/C17H15ClN2O/c1-11-20-16(14-9-13(18)7-8-17(14)21-11)10-15(19-20)12-5-3-2-4-6-12/h2-9,11,16H,10H2,1H3/t11-,16-/m0/s1. The van der Waals surface area contributed by atoms with Crippen LogP contribution >= 0.6 is 11.6 Å². The molecule has 0 aliphatic carbocycles. The normalized spacial score (nSPS) is 23.1. The maximum absolute atomic E-state index is 6.15. The van der Waals surface area contributed by atoms with E-state index in [-0.39, 0.29) is 12.3 Å². The van der Waals surface area contributed by atoms with Gasteiger partial charge >= 0.3 is 0 Å². The fourth-order valence-corrected chi connectivity index (χ4v) is 3.23. The predicted molar refractivity (Wildman–Crippen MR) is 83.7 cm³/mol. The number of hydrazone groups is 1. The molecule has 106 valence electrons. The van der Waals surface area contributed by atoms with Gasteiger partial charge in [-0.3, -0.25) is 5.01 Å². The molecule has 0 spiro atoms. The Labute approximate surface area is 128 Å². The SMILES string of the molecule is C[C@@H]1Oc2ccc(Cl)cc2[C@@H]2CC(c3ccccc3)=NN12. The van der Waals surface area contributed by atoms with Crippen LogP contribution in [-0.2, 0) is 0 Å². The van der Waals surface area contributed by atoms with Crippen molar-refractivity contribution in [1.82, 2.24) is 5.01 Å². The second-order valence-electron chi connectivity index (χ2n) is 5.41. The molecule has 2 heterocycles. The van der Waals surface area contributed by atoms with Gasteiger partial charge in [0.15, 0.2) is 6.23 Å². The summed E-state index contributed by atoms with van der Waals surface area (Å²) in [5.41, 5.74) is 3.39. The highest BCUT2D eigenvalue weighted by atomic mass is 35.5. The van der Waals surface area contributed by atoms with Crippen LogP contribution in [0.25, 0.3) is 0 Å². The topological polar surface area (TPSA) is 24.8 Å². The molecule has 0 saturated heterocycles. The molecule has 2 aromatic rings. The Kier molecular flexibility index (Phi) is 2.89. The lowest BCUT2D eigenvalue weighted by Crippen LogP contribution is -2.37. The number of fused-ring (bicyclic) bond motifs is 3. The van der Waals surface area contributed by atoms with Crippen molar-refractivity contribution in [3.8, 4) is 5.75 Å². The molecular formula is C17H15ClN2O. The molecule has 0 unspecified atom stereocenters. The van der Waals surface area contributed by atoms with E-state index in [0.717, 1.165) is 28.5 Å². The smallest absolute Gasteiger partial charge is 0.185 e. The number of rotatable bonds is 1. The summed E-state index contributed by atoms with van der Waals surface area (Å²) in [6.07, 6.45) is 0.815. The first-order chi connectivity index (χ1) is 10.2. The number of hydrogen-bond donors (Lipinski definition) is 0. The van der Waals surface area contributed by atoms with Gasteiger partial charge in [0.2, 0.25) is 0 Å². The van der Waals surface area contributed by atoms with E-state index in [1.807, 2.05) is 48.3 Å². The van der Waals surface area contributed by atoms with Gasteiger partial charge in [0.25, 0.3) is 0 Å². The molecule has 2 aliphatic heterocycles. The van der Waals surface area contributed by atoms with Gasteiger partial charge in [-0.25, -0.2) is 0 Å². The van der Waals surface area contributed by atoms with Crippen LogP contribution in [0, 0.1) is 0 Å². The Morgan fingerprint density at radius 2 is 2.00 bits per heavy atom. The van der Waals surface area contributed by atoms with Gasteiger partial charge in [-0.15, -0.1) is 0 Å². The summed E-state index contributed by atoms with van der Waals surface area (Å²) >= 11 is 6.15. The minimum absolute atomic E-state index is 0.0649. The number of benzene rings is 2. The molecule has 0 N–H and O–H groups in total. The van der Waals surface area contributed by atoms with Gasteiger partial charge in [0.05, 0.1) is 11.8 Å². The van der Waals surface area contributed by atoms with E-state index in [4.69, 9.17) is 21.4 Å². The molecule has 4 heteroatoms. The van der Waals surface area contributed by atoms with Crippen LogP contribution in [0.15, 0.2) is 53.6 Å². The lowest BCUT2D eigenvalue weighted by molar-refractivity contribution is -0.00334. The Morgan fingerprint density at radius 1 is 1.19 bits per heavy atom. The highest BCUT2D eigenvalue weighted by Gasteiger charge is 2.38. The number of hydrogen-bond acceptors (Lipinski definition) is 3. The average Bonchev–Trinajstić information content (AvgIpc) is 2.95. The maximum Gasteiger partial charge on any atom is 0.185 e. The molecule has 0 saturated carbocycles. The summed E-state index contributed by atoms with van der Waals surface area (Å²) < 4.78 is 5.95. The molecule has 4 rings (SSSR count). The summed E-state index contributed by atoms with van der Waals surface area (Å²) in [6.45, 7) is 2.03. The minimum Gasteiger partial charge on any atom is -0.469 e. The molecule has 0 fully saturated rings. The molecular weight excluding hydrogens is 284 g/mol. The van der Waals surface area contributed by atoms with Crippen molar-refractivity contribution in [2.45, 2.75) is 25.6 Å². The molecule has 0 radical (unpaired) electrons. The van der Waals surface area contributed by atoms with E-state index in [9.17, 15) is 0 Å². The summed E-state index contributed by atoms with van der Waals surface area (Å²) in [5, 5.41) is 7.55. The average molecular weight is 299 g/mol. The highest BCUT2D eigenvalue weighted by molar-refractivity contribution is 6.30. The zero-order valence-electron chi connectivity index (χ0n) is 11.7. The van der Waals surface area contributed by atoms with Gasteiger partial charge in [0.1, 0.15) is 5.75 Å². The third kappa shape index (κ3) is 2.09. The van der Waals surface area contributed by atoms with Crippen molar-refractivity contribution in [1.29, 1.82) is 0 Å². The first kappa shape index (κ1) is 12.7. The third-order valence-electron chi connectivity index (χ3n) is 4.05. The quantitative estimate of drug-likeness (QED) is 0.787. The van der Waals surface area contributed by atoms with Crippen LogP contribution in [-0.4, -0.2) is 16.9 Å². The number of halogens is 1. The van der Waals surface area contributed by atoms with E-state index in [1.165, 1.54) is 5.56 Å². The molecule has 2 atom stereocenters. The molecule has 21 heavy (non-hydrogen) atoms. The molecule has 0 aromatic heterocycles. The second kappa shape index (κ2) is 4.78. The number of ether oxygens (including phenoxy) is 1. The molecule has 0 bridgehead atoms. The lowest BCUT2D eigenvalue weighted by Gasteiger charge is -2.36. The predicted octanol–water partition coefficient (Wildman–Crippen LogP) is 4.23. The number of nitrogens with zero attached hydrogens (tertiary/aromatic N) is 2. The maximum atomic E-state index is 6.15. The van der Waals surface area contributed by atoms with Gasteiger partial charge < -0.3 is 4.74 Å². The third-order valence-corrected chi connectivity index (χ3v) is 4.29. The summed E-state index contributed by atoms with van der Waals surface area (Å²) in [6, 6.07) is 16.3. The van der Waals surface area contributed by atoms with E-state index in [1.54, 1.807) is 0 Å². The van der Waals surface area contributed by atoms with Crippen molar-refractivity contribution in [3.05, 3.63) is 64.7 Å². The Hall–Kier alpha value is -2.00. The largest absolute Gasteiger partial charge is 0.469 e. The first-order valence-corrected chi connectivity index (χ1v) is 7.47. The minimum atomic E-state index is -0.0649. The van der Waals surface area contributed by atoms with Crippen molar-refractivity contribution in [3.63, 3.8) is 0 Å². The van der Waals surface area contributed by atoms with Crippen molar-refractivity contribution in [2.24, 2.45) is 5.10 Å². The van der Waals surface area contributed by atoms with E-state index in [0.29, 0.717) is 0 Å². The van der Waals surface area contributed by atoms with Gasteiger partial charge in [-0.05, 0) is 30.7 Å². The van der Waals surface area contributed by atoms with Crippen LogP contribution in [0.2, 0.25) is 5.02 Å². The van der Waals surface area contributed by atoms with Crippen LogP contribution in [0.3, 0.4) is 0 Å². The van der Waals surface area contributed by atoms with Crippen molar-refractivity contribution >= 4 is 17.3 Å². The lowest BCUT2D eigenvalue weighted by atomic mass is 9.97. The molecule has 0 amide bonds. The van der Waals surface area contributed by atoms with Gasteiger partial charge in [-0.2, -0.15) is 5.10 Å². The summed E-state index contributed by atoms with van der Waals surface area (Å²) in [4.78, 5) is 0. The van der Waals surface area contributed by atoms with Crippen molar-refractivity contribution < 1.29 is 4.74 Å². The van der Waals surface area contributed by atoms with Crippen LogP contribution in [0.1, 0.15) is 30.5 Å². The molecule has 3 nitrogen and oxygen atoms in total. The zero-order chi connectivity index (χ0) is 14.4.